The first-order chi connectivity index (χ1) is 13.5. The molecule has 2 aromatic carbocycles. The van der Waals surface area contributed by atoms with E-state index in [2.05, 4.69) is 19.1 Å². The van der Waals surface area contributed by atoms with Crippen LogP contribution < -0.4 is 19.1 Å². The summed E-state index contributed by atoms with van der Waals surface area (Å²) in [6.07, 6.45) is 3.63. The van der Waals surface area contributed by atoms with Crippen LogP contribution in [0.2, 0.25) is 0 Å². The molecule has 0 fully saturated rings. The number of carbonyl (C=O) groups is 1. The van der Waals surface area contributed by atoms with Crippen LogP contribution in [0.1, 0.15) is 15.9 Å². The van der Waals surface area contributed by atoms with Crippen LogP contribution in [-0.2, 0) is 6.42 Å². The number of rotatable bonds is 8. The van der Waals surface area contributed by atoms with Crippen LogP contribution in [0.5, 0.6) is 17.2 Å². The van der Waals surface area contributed by atoms with Gasteiger partial charge in [-0.1, -0.05) is 6.07 Å². The number of aromatic nitrogens is 1. The van der Waals surface area contributed by atoms with E-state index in [0.717, 1.165) is 35.8 Å². The van der Waals surface area contributed by atoms with E-state index in [-0.39, 0.29) is 5.56 Å². The van der Waals surface area contributed by atoms with Gasteiger partial charge in [0.05, 0.1) is 33.3 Å². The Balaban J connectivity index is 1.92. The van der Waals surface area contributed by atoms with Gasteiger partial charge in [-0.15, -0.1) is 0 Å². The highest BCUT2D eigenvalue weighted by Crippen LogP contribution is 2.30. The van der Waals surface area contributed by atoms with Crippen molar-refractivity contribution in [3.63, 3.8) is 0 Å². The summed E-state index contributed by atoms with van der Waals surface area (Å²) in [7, 11) is 5.71. The van der Waals surface area contributed by atoms with Crippen LogP contribution in [0.4, 0.5) is 0 Å². The van der Waals surface area contributed by atoms with Crippen molar-refractivity contribution >= 4 is 23.3 Å². The molecule has 0 aliphatic heterocycles. The number of carbonyl (C=O) groups excluding carboxylic acids is 1. The second-order valence-corrected chi connectivity index (χ2v) is 6.72. The van der Waals surface area contributed by atoms with Crippen LogP contribution in [0.3, 0.4) is 0 Å². The van der Waals surface area contributed by atoms with Gasteiger partial charge in [0.25, 0.3) is 0 Å². The molecule has 1 heterocycles. The Labute approximate surface area is 163 Å². The van der Waals surface area contributed by atoms with E-state index in [1.165, 1.54) is 18.1 Å². The van der Waals surface area contributed by atoms with Gasteiger partial charge < -0.3 is 24.1 Å². The van der Waals surface area contributed by atoms with Crippen molar-refractivity contribution < 1.29 is 23.9 Å². The summed E-state index contributed by atoms with van der Waals surface area (Å²) in [6, 6.07) is 10.3. The number of fused-ring (bicyclic) bond motifs is 1. The van der Waals surface area contributed by atoms with Gasteiger partial charge in [-0.3, -0.25) is 5.41 Å². The maximum atomic E-state index is 12.8. The van der Waals surface area contributed by atoms with Crippen molar-refractivity contribution in [1.29, 1.82) is 5.41 Å². The maximum Gasteiger partial charge on any atom is 0.343 e. The molecule has 0 radical (unpaired) electrons. The number of ether oxygens (including phenoxy) is 3. The largest absolute Gasteiger partial charge is 0.497 e. The van der Waals surface area contributed by atoms with E-state index >= 15 is 0 Å². The molecule has 146 valence electrons. The van der Waals surface area contributed by atoms with Gasteiger partial charge in [-0.25, -0.2) is 4.79 Å². The quantitative estimate of drug-likeness (QED) is 0.241. The predicted molar refractivity (Wildman–Crippen MR) is 107 cm³/mol. The number of H-pyrrole nitrogens is 1. The molecule has 0 saturated heterocycles. The third-order valence-corrected chi connectivity index (χ3v) is 4.39. The zero-order valence-electron chi connectivity index (χ0n) is 16.2. The van der Waals surface area contributed by atoms with Gasteiger partial charge in [-0.2, -0.15) is 0 Å². The average Bonchev–Trinajstić information content (AvgIpc) is 3.10. The summed E-state index contributed by atoms with van der Waals surface area (Å²) in [6.45, 7) is 0.968. The van der Waals surface area contributed by atoms with Crippen LogP contribution >= 0.6 is 0 Å². The summed E-state index contributed by atoms with van der Waals surface area (Å²) < 4.78 is 16.0. The van der Waals surface area contributed by atoms with Gasteiger partial charge in [0, 0.05) is 29.6 Å². The van der Waals surface area contributed by atoms with E-state index in [1.807, 2.05) is 18.3 Å². The highest BCUT2D eigenvalue weighted by molar-refractivity contribution is 5.96. The lowest BCUT2D eigenvalue weighted by Gasteiger charge is -2.10. The van der Waals surface area contributed by atoms with Crippen molar-refractivity contribution in [3.8, 4) is 17.2 Å². The minimum absolute atomic E-state index is 0.281. The number of likely N-dealkylation sites (N-methyl/N-ethyl adjacent to an activating group) is 1. The van der Waals surface area contributed by atoms with Crippen LogP contribution in [0.25, 0.3) is 10.9 Å². The van der Waals surface area contributed by atoms with E-state index in [4.69, 9.17) is 19.6 Å². The average molecular weight is 382 g/mol. The zero-order chi connectivity index (χ0) is 20.1. The van der Waals surface area contributed by atoms with E-state index in [9.17, 15) is 4.79 Å². The zero-order valence-corrected chi connectivity index (χ0v) is 16.2. The number of nitrogens with one attached hydrogen (secondary N) is 3. The minimum Gasteiger partial charge on any atom is -0.497 e. The van der Waals surface area contributed by atoms with Crippen LogP contribution in [0, 0.1) is 5.41 Å². The first-order valence-electron chi connectivity index (χ1n) is 8.96. The molecule has 0 aliphatic rings. The fourth-order valence-electron chi connectivity index (χ4n) is 2.99. The second kappa shape index (κ2) is 8.58. The summed E-state index contributed by atoms with van der Waals surface area (Å²) in [5.41, 5.74) is 2.31. The lowest BCUT2D eigenvalue weighted by atomic mass is 10.1. The molecular weight excluding hydrogens is 358 g/mol. The second-order valence-electron chi connectivity index (χ2n) is 6.72. The molecule has 1 aromatic heterocycles. The summed E-state index contributed by atoms with van der Waals surface area (Å²) in [5.74, 6) is 0.757. The molecule has 28 heavy (non-hydrogen) atoms. The van der Waals surface area contributed by atoms with Gasteiger partial charge in [0.1, 0.15) is 17.2 Å². The standard InChI is InChI=1S/C21H23N3O4/c1-24(2)8-7-14-12-23-18-5-4-6-19(20(14)18)28-21(25)15-9-16(26-3)11-17(10-15)27-13-22/h4-6,9-13,22-23H,7-8H2,1-3H3/p+1. The Hall–Kier alpha value is -3.32. The molecule has 3 N–H and O–H groups in total. The molecule has 0 bridgehead atoms. The molecule has 7 nitrogen and oxygen atoms in total. The molecule has 3 aromatic rings. The summed E-state index contributed by atoms with van der Waals surface area (Å²) in [4.78, 5) is 17.4. The Morgan fingerprint density at radius 3 is 2.71 bits per heavy atom. The number of aromatic amines is 1. The normalized spacial score (nSPS) is 10.9. The van der Waals surface area contributed by atoms with E-state index < -0.39 is 5.97 Å². The SMILES string of the molecule is COc1cc(OC=N)cc(C(=O)Oc2cccc3[nH]cc(CC[NH+](C)C)c23)c1. The minimum atomic E-state index is -0.522. The maximum absolute atomic E-state index is 12.8. The summed E-state index contributed by atoms with van der Waals surface area (Å²) in [5, 5.41) is 7.99. The highest BCUT2D eigenvalue weighted by Gasteiger charge is 2.16. The number of quaternary nitrogens is 1. The smallest absolute Gasteiger partial charge is 0.343 e. The third-order valence-electron chi connectivity index (χ3n) is 4.39. The van der Waals surface area contributed by atoms with E-state index in [0.29, 0.717) is 17.2 Å². The number of hydrogen-bond donors (Lipinski definition) is 3. The number of hydrogen-bond acceptors (Lipinski definition) is 5. The topological polar surface area (TPSA) is 88.8 Å². The molecule has 0 unspecified atom stereocenters. The lowest BCUT2D eigenvalue weighted by Crippen LogP contribution is -3.05. The lowest BCUT2D eigenvalue weighted by molar-refractivity contribution is -0.858. The highest BCUT2D eigenvalue weighted by atomic mass is 16.5. The predicted octanol–water partition coefficient (Wildman–Crippen LogP) is 2.07. The molecule has 3 rings (SSSR count). The molecule has 0 atom stereocenters. The molecular formula is C21H24N3O4+. The Morgan fingerprint density at radius 2 is 2.00 bits per heavy atom. The molecule has 0 spiro atoms. The number of esters is 1. The Kier molecular flexibility index (Phi) is 5.96. The van der Waals surface area contributed by atoms with Crippen molar-refractivity contribution in [1.82, 2.24) is 4.98 Å². The summed E-state index contributed by atoms with van der Waals surface area (Å²) >= 11 is 0. The third kappa shape index (κ3) is 4.32. The first-order valence-corrected chi connectivity index (χ1v) is 8.96. The van der Waals surface area contributed by atoms with Crippen LogP contribution in [0.15, 0.2) is 42.6 Å². The van der Waals surface area contributed by atoms with Crippen molar-refractivity contribution in [3.05, 3.63) is 53.7 Å². The fraction of sp³-hybridized carbons (Fsp3) is 0.238. The Morgan fingerprint density at radius 1 is 1.21 bits per heavy atom. The monoisotopic (exact) mass is 382 g/mol. The van der Waals surface area contributed by atoms with Gasteiger partial charge in [0.2, 0.25) is 0 Å². The van der Waals surface area contributed by atoms with E-state index in [1.54, 1.807) is 18.2 Å². The van der Waals surface area contributed by atoms with Crippen molar-refractivity contribution in [2.75, 3.05) is 27.7 Å². The molecule has 7 heteroatoms. The fourth-order valence-corrected chi connectivity index (χ4v) is 2.99. The molecule has 0 saturated carbocycles. The molecule has 0 aliphatic carbocycles. The van der Waals surface area contributed by atoms with Crippen LogP contribution in [-0.4, -0.2) is 45.1 Å². The number of methoxy groups -OCH3 is 1. The number of benzene rings is 2. The van der Waals surface area contributed by atoms with Gasteiger partial charge >= 0.3 is 5.97 Å². The van der Waals surface area contributed by atoms with Crippen molar-refractivity contribution in [2.45, 2.75) is 6.42 Å². The first kappa shape index (κ1) is 19.4. The van der Waals surface area contributed by atoms with Gasteiger partial charge in [0.15, 0.2) is 6.40 Å². The van der Waals surface area contributed by atoms with Crippen molar-refractivity contribution in [2.24, 2.45) is 0 Å². The molecule has 0 amide bonds. The Bertz CT molecular complexity index is 994. The van der Waals surface area contributed by atoms with Gasteiger partial charge in [-0.05, 0) is 29.8 Å².